The number of hydrogen-bond acceptors (Lipinski definition) is 3. The molecule has 0 aromatic rings. The summed E-state index contributed by atoms with van der Waals surface area (Å²) in [6, 6.07) is 0. The third-order valence-corrected chi connectivity index (χ3v) is 5.49. The zero-order valence-corrected chi connectivity index (χ0v) is 14.1. The number of imide groups is 1. The lowest BCUT2D eigenvalue weighted by molar-refractivity contribution is -0.147. The highest BCUT2D eigenvalue weighted by Crippen LogP contribution is 2.35. The number of fused-ring (bicyclic) bond motifs is 1. The summed E-state index contributed by atoms with van der Waals surface area (Å²) in [5.74, 6) is 2.46. The number of carbonyl (C=O) groups is 2. The van der Waals surface area contributed by atoms with Crippen molar-refractivity contribution in [2.24, 2.45) is 16.8 Å². The van der Waals surface area contributed by atoms with Crippen LogP contribution in [-0.4, -0.2) is 60.8 Å². The number of amides is 2. The van der Waals surface area contributed by atoms with Crippen molar-refractivity contribution in [2.45, 2.75) is 44.9 Å². The van der Waals surface area contributed by atoms with E-state index < -0.39 is 0 Å². The highest BCUT2D eigenvalue weighted by Gasteiger charge is 2.35. The molecular formula is C17H28N4O2. The van der Waals surface area contributed by atoms with E-state index in [1.54, 1.807) is 0 Å². The lowest BCUT2D eigenvalue weighted by atomic mass is 9.82. The molecular weight excluding hydrogens is 292 g/mol. The fraction of sp³-hybridized carbons (Fsp3) is 0.824. The predicted molar refractivity (Wildman–Crippen MR) is 89.0 cm³/mol. The summed E-state index contributed by atoms with van der Waals surface area (Å²) in [5.41, 5.74) is 0. The Morgan fingerprint density at radius 1 is 1.09 bits per heavy atom. The quantitative estimate of drug-likeness (QED) is 0.482. The number of nitrogens with zero attached hydrogens (tertiary/aromatic N) is 3. The highest BCUT2D eigenvalue weighted by molar-refractivity contribution is 5.97. The molecule has 2 atom stereocenters. The summed E-state index contributed by atoms with van der Waals surface area (Å²) < 4.78 is 0. The van der Waals surface area contributed by atoms with Gasteiger partial charge in [-0.15, -0.1) is 0 Å². The van der Waals surface area contributed by atoms with Gasteiger partial charge in [0.25, 0.3) is 0 Å². The van der Waals surface area contributed by atoms with Crippen molar-refractivity contribution < 1.29 is 9.59 Å². The van der Waals surface area contributed by atoms with E-state index in [1.165, 1.54) is 30.6 Å². The van der Waals surface area contributed by atoms with Crippen LogP contribution in [-0.2, 0) is 9.59 Å². The molecule has 1 aliphatic carbocycles. The third kappa shape index (κ3) is 3.67. The van der Waals surface area contributed by atoms with Crippen LogP contribution in [0.3, 0.4) is 0 Å². The largest absolute Gasteiger partial charge is 0.354 e. The van der Waals surface area contributed by atoms with Gasteiger partial charge in [-0.3, -0.25) is 19.5 Å². The zero-order chi connectivity index (χ0) is 16.2. The van der Waals surface area contributed by atoms with E-state index in [0.717, 1.165) is 30.9 Å². The van der Waals surface area contributed by atoms with Crippen LogP contribution in [0.2, 0.25) is 0 Å². The molecule has 23 heavy (non-hydrogen) atoms. The standard InChI is InChI=1S/C17H28N4O2/c1-18-17(20-11-13-5-2-3-6-14(13)12-20)19-9-10-21-15(22)7-4-8-16(21)23/h13-14H,2-12H2,1H3,(H,18,19). The Morgan fingerprint density at radius 3 is 2.26 bits per heavy atom. The first kappa shape index (κ1) is 16.3. The molecule has 0 bridgehead atoms. The Morgan fingerprint density at radius 2 is 1.70 bits per heavy atom. The van der Waals surface area contributed by atoms with Gasteiger partial charge in [0.1, 0.15) is 0 Å². The number of hydrogen-bond donors (Lipinski definition) is 1. The Kier molecular flexibility index (Phi) is 5.18. The fourth-order valence-corrected chi connectivity index (χ4v) is 4.24. The number of nitrogens with one attached hydrogen (secondary N) is 1. The molecule has 0 aromatic carbocycles. The van der Waals surface area contributed by atoms with Crippen LogP contribution in [0.25, 0.3) is 0 Å². The molecule has 2 heterocycles. The van der Waals surface area contributed by atoms with Crippen LogP contribution >= 0.6 is 0 Å². The second-order valence-electron chi connectivity index (χ2n) is 6.98. The van der Waals surface area contributed by atoms with E-state index in [2.05, 4.69) is 15.2 Å². The Labute approximate surface area is 138 Å². The van der Waals surface area contributed by atoms with Crippen LogP contribution < -0.4 is 5.32 Å². The van der Waals surface area contributed by atoms with Crippen molar-refractivity contribution in [3.63, 3.8) is 0 Å². The maximum Gasteiger partial charge on any atom is 0.229 e. The summed E-state index contributed by atoms with van der Waals surface area (Å²) in [4.78, 5) is 31.8. The van der Waals surface area contributed by atoms with Gasteiger partial charge in [0.2, 0.25) is 11.8 Å². The molecule has 6 heteroatoms. The van der Waals surface area contributed by atoms with Gasteiger partial charge in [-0.25, -0.2) is 0 Å². The molecule has 0 aromatic heterocycles. The van der Waals surface area contributed by atoms with Gasteiger partial charge in [-0.2, -0.15) is 0 Å². The SMILES string of the molecule is CN=C(NCCN1C(=O)CCCC1=O)N1CC2CCCCC2C1. The summed E-state index contributed by atoms with van der Waals surface area (Å²) >= 11 is 0. The van der Waals surface area contributed by atoms with Crippen molar-refractivity contribution in [3.8, 4) is 0 Å². The van der Waals surface area contributed by atoms with Gasteiger partial charge >= 0.3 is 0 Å². The minimum atomic E-state index is -0.0368. The number of aliphatic imine (C=N–C) groups is 1. The topological polar surface area (TPSA) is 65.0 Å². The Balaban J connectivity index is 1.48. The van der Waals surface area contributed by atoms with Gasteiger partial charge in [0, 0.05) is 46.1 Å². The van der Waals surface area contributed by atoms with Crippen molar-refractivity contribution in [1.82, 2.24) is 15.1 Å². The number of rotatable bonds is 3. The maximum atomic E-state index is 11.8. The average molecular weight is 320 g/mol. The number of carbonyl (C=O) groups excluding carboxylic acids is 2. The van der Waals surface area contributed by atoms with Crippen LogP contribution in [0.4, 0.5) is 0 Å². The van der Waals surface area contributed by atoms with Gasteiger partial charge in [0.15, 0.2) is 5.96 Å². The lowest BCUT2D eigenvalue weighted by Gasteiger charge is -2.26. The van der Waals surface area contributed by atoms with E-state index in [0.29, 0.717) is 32.4 Å². The fourth-order valence-electron chi connectivity index (χ4n) is 4.24. The van der Waals surface area contributed by atoms with E-state index in [9.17, 15) is 9.59 Å². The van der Waals surface area contributed by atoms with Crippen molar-refractivity contribution >= 4 is 17.8 Å². The number of guanidine groups is 1. The molecule has 2 unspecified atom stereocenters. The molecule has 6 nitrogen and oxygen atoms in total. The molecule has 3 rings (SSSR count). The molecule has 0 radical (unpaired) electrons. The molecule has 128 valence electrons. The molecule has 3 fully saturated rings. The highest BCUT2D eigenvalue weighted by atomic mass is 16.2. The molecule has 2 aliphatic heterocycles. The van der Waals surface area contributed by atoms with Crippen molar-refractivity contribution in [3.05, 3.63) is 0 Å². The molecule has 1 saturated carbocycles. The smallest absolute Gasteiger partial charge is 0.229 e. The summed E-state index contributed by atoms with van der Waals surface area (Å²) in [6.07, 6.45) is 7.09. The van der Waals surface area contributed by atoms with Gasteiger partial charge in [0.05, 0.1) is 0 Å². The van der Waals surface area contributed by atoms with Crippen molar-refractivity contribution in [2.75, 3.05) is 33.2 Å². The van der Waals surface area contributed by atoms with Crippen LogP contribution in [0.15, 0.2) is 4.99 Å². The summed E-state index contributed by atoms with van der Waals surface area (Å²) in [7, 11) is 1.81. The molecule has 3 aliphatic rings. The lowest BCUT2D eigenvalue weighted by Crippen LogP contribution is -2.47. The van der Waals surface area contributed by atoms with Crippen molar-refractivity contribution in [1.29, 1.82) is 0 Å². The predicted octanol–water partition coefficient (Wildman–Crippen LogP) is 1.22. The van der Waals surface area contributed by atoms with E-state index >= 15 is 0 Å². The third-order valence-electron chi connectivity index (χ3n) is 5.49. The molecule has 2 saturated heterocycles. The van der Waals surface area contributed by atoms with Crippen LogP contribution in [0.5, 0.6) is 0 Å². The maximum absolute atomic E-state index is 11.8. The Bertz CT molecular complexity index is 461. The normalized spacial score (nSPS) is 29.0. The van der Waals surface area contributed by atoms with Gasteiger partial charge < -0.3 is 10.2 Å². The first-order chi connectivity index (χ1) is 11.2. The average Bonchev–Trinajstić information content (AvgIpc) is 2.97. The van der Waals surface area contributed by atoms with Crippen LogP contribution in [0.1, 0.15) is 44.9 Å². The van der Waals surface area contributed by atoms with E-state index in [4.69, 9.17) is 0 Å². The second-order valence-corrected chi connectivity index (χ2v) is 6.98. The zero-order valence-electron chi connectivity index (χ0n) is 14.1. The minimum Gasteiger partial charge on any atom is -0.354 e. The van der Waals surface area contributed by atoms with Gasteiger partial charge in [-0.1, -0.05) is 12.8 Å². The second kappa shape index (κ2) is 7.32. The first-order valence-electron chi connectivity index (χ1n) is 8.98. The van der Waals surface area contributed by atoms with E-state index in [1.807, 2.05) is 7.05 Å². The monoisotopic (exact) mass is 320 g/mol. The minimum absolute atomic E-state index is 0.0368. The molecule has 1 N–H and O–H groups in total. The summed E-state index contributed by atoms with van der Waals surface area (Å²) in [5, 5.41) is 3.34. The van der Waals surface area contributed by atoms with E-state index in [-0.39, 0.29) is 11.8 Å². The Hall–Kier alpha value is -1.59. The number of piperidine rings is 1. The number of likely N-dealkylation sites (tertiary alicyclic amines) is 2. The first-order valence-corrected chi connectivity index (χ1v) is 8.98. The van der Waals surface area contributed by atoms with Crippen LogP contribution in [0, 0.1) is 11.8 Å². The molecule has 2 amide bonds. The molecule has 0 spiro atoms. The summed E-state index contributed by atoms with van der Waals surface area (Å²) in [6.45, 7) is 3.20. The van der Waals surface area contributed by atoms with Gasteiger partial charge in [-0.05, 0) is 31.1 Å².